The van der Waals surface area contributed by atoms with Crippen molar-refractivity contribution in [2.75, 3.05) is 5.88 Å². The van der Waals surface area contributed by atoms with E-state index >= 15 is 0 Å². The minimum atomic E-state index is -4.34. The van der Waals surface area contributed by atoms with Gasteiger partial charge in [-0.25, -0.2) is 0 Å². The van der Waals surface area contributed by atoms with Gasteiger partial charge in [-0.05, 0) is 0 Å². The minimum absolute atomic E-state index is 0.140. The Morgan fingerprint density at radius 2 is 2.20 bits per heavy atom. The Kier molecular flexibility index (Phi) is 3.62. The molecule has 0 saturated heterocycles. The standard InChI is InChI=1S/C3H7ClN2O3S/c4-2-1-3(5)6-10(7,8)9/h1-2H2,(H2,5,6)(H,7,8,9). The molecule has 0 aliphatic carbocycles. The summed E-state index contributed by atoms with van der Waals surface area (Å²) in [6, 6.07) is 0. The Hall–Kier alpha value is -0.330. The normalized spacial score (nSPS) is 13.6. The fourth-order valence-corrected chi connectivity index (χ4v) is 0.872. The molecule has 0 aromatic rings. The Balaban J connectivity index is 4.18. The third kappa shape index (κ3) is 5.80. The van der Waals surface area contributed by atoms with Crippen LogP contribution in [0.5, 0.6) is 0 Å². The first-order valence-electron chi connectivity index (χ1n) is 2.33. The van der Waals surface area contributed by atoms with E-state index in [9.17, 15) is 8.42 Å². The Labute approximate surface area is 63.8 Å². The first kappa shape index (κ1) is 9.67. The molecule has 0 radical (unpaired) electrons. The predicted octanol–water partition coefficient (Wildman–Crippen LogP) is -0.225. The maximum absolute atomic E-state index is 9.96. The van der Waals surface area contributed by atoms with Crippen LogP contribution in [0, 0.1) is 0 Å². The molecule has 0 aliphatic heterocycles. The molecule has 60 valence electrons. The molecule has 0 amide bonds. The van der Waals surface area contributed by atoms with Crippen LogP contribution in [-0.4, -0.2) is 24.7 Å². The van der Waals surface area contributed by atoms with Gasteiger partial charge in [-0.15, -0.1) is 16.0 Å². The Bertz CT molecular complexity index is 222. The SMILES string of the molecule is NC(CCCl)=NS(=O)(=O)O. The third-order valence-corrected chi connectivity index (χ3v) is 1.24. The second-order valence-corrected chi connectivity index (χ2v) is 2.93. The molecular formula is C3H7ClN2O3S. The van der Waals surface area contributed by atoms with Crippen molar-refractivity contribution < 1.29 is 13.0 Å². The van der Waals surface area contributed by atoms with Gasteiger partial charge in [-0.1, -0.05) is 0 Å². The maximum Gasteiger partial charge on any atom is 0.380 e. The van der Waals surface area contributed by atoms with Gasteiger partial charge >= 0.3 is 10.3 Å². The Morgan fingerprint density at radius 1 is 1.70 bits per heavy atom. The van der Waals surface area contributed by atoms with E-state index in [0.717, 1.165) is 0 Å². The lowest BCUT2D eigenvalue weighted by Gasteiger charge is -1.92. The monoisotopic (exact) mass is 186 g/mol. The first-order chi connectivity index (χ1) is 4.45. The van der Waals surface area contributed by atoms with Crippen molar-refractivity contribution in [3.05, 3.63) is 0 Å². The summed E-state index contributed by atoms with van der Waals surface area (Å²) in [6.45, 7) is 0. The smallest absolute Gasteiger partial charge is 0.380 e. The molecule has 5 nitrogen and oxygen atoms in total. The van der Waals surface area contributed by atoms with Gasteiger partial charge in [0, 0.05) is 12.3 Å². The van der Waals surface area contributed by atoms with Gasteiger partial charge in [-0.3, -0.25) is 4.55 Å². The van der Waals surface area contributed by atoms with E-state index < -0.39 is 10.3 Å². The topological polar surface area (TPSA) is 92.8 Å². The lowest BCUT2D eigenvalue weighted by atomic mass is 10.5. The van der Waals surface area contributed by atoms with Gasteiger partial charge in [-0.2, -0.15) is 8.42 Å². The van der Waals surface area contributed by atoms with Gasteiger partial charge < -0.3 is 5.73 Å². The van der Waals surface area contributed by atoms with E-state index in [-0.39, 0.29) is 18.1 Å². The molecule has 7 heteroatoms. The Morgan fingerprint density at radius 3 is 2.50 bits per heavy atom. The van der Waals surface area contributed by atoms with Crippen molar-refractivity contribution in [3.8, 4) is 0 Å². The summed E-state index contributed by atoms with van der Waals surface area (Å²) in [7, 11) is -4.34. The molecule has 0 atom stereocenters. The molecule has 10 heavy (non-hydrogen) atoms. The van der Waals surface area contributed by atoms with Gasteiger partial charge in [0.05, 0.1) is 0 Å². The van der Waals surface area contributed by atoms with E-state index in [1.165, 1.54) is 0 Å². The zero-order chi connectivity index (χ0) is 8.20. The van der Waals surface area contributed by atoms with Crippen LogP contribution in [0.2, 0.25) is 0 Å². The highest BCUT2D eigenvalue weighted by molar-refractivity contribution is 7.84. The average molecular weight is 187 g/mol. The summed E-state index contributed by atoms with van der Waals surface area (Å²) in [5, 5.41) is 0. The fraction of sp³-hybridized carbons (Fsp3) is 0.667. The summed E-state index contributed by atoms with van der Waals surface area (Å²) < 4.78 is 30.7. The summed E-state index contributed by atoms with van der Waals surface area (Å²) >= 11 is 5.19. The molecule has 0 unspecified atom stereocenters. The second-order valence-electron chi connectivity index (χ2n) is 1.47. The molecule has 3 N–H and O–H groups in total. The molecule has 0 aromatic carbocycles. The van der Waals surface area contributed by atoms with Crippen LogP contribution >= 0.6 is 11.6 Å². The van der Waals surface area contributed by atoms with Crippen LogP contribution in [0.3, 0.4) is 0 Å². The number of alkyl halides is 1. The van der Waals surface area contributed by atoms with E-state index in [0.29, 0.717) is 0 Å². The number of rotatable bonds is 3. The summed E-state index contributed by atoms with van der Waals surface area (Å²) in [6.07, 6.45) is 0.140. The first-order valence-corrected chi connectivity index (χ1v) is 4.26. The highest BCUT2D eigenvalue weighted by Crippen LogP contribution is 1.89. The number of nitrogens with zero attached hydrogens (tertiary/aromatic N) is 1. The largest absolute Gasteiger partial charge is 0.386 e. The molecule has 0 fully saturated rings. The number of hydrogen-bond donors (Lipinski definition) is 2. The zero-order valence-corrected chi connectivity index (χ0v) is 6.56. The van der Waals surface area contributed by atoms with Gasteiger partial charge in [0.15, 0.2) is 0 Å². The highest BCUT2D eigenvalue weighted by atomic mass is 35.5. The van der Waals surface area contributed by atoms with Crippen LogP contribution < -0.4 is 5.73 Å². The summed E-state index contributed by atoms with van der Waals surface area (Å²) in [5.74, 6) is -0.0253. The number of hydrogen-bond acceptors (Lipinski definition) is 2. The lowest BCUT2D eigenvalue weighted by Crippen LogP contribution is -2.14. The van der Waals surface area contributed by atoms with E-state index in [4.69, 9.17) is 21.9 Å². The minimum Gasteiger partial charge on any atom is -0.386 e. The molecule has 0 saturated carbocycles. The van der Waals surface area contributed by atoms with E-state index in [1.54, 1.807) is 0 Å². The van der Waals surface area contributed by atoms with Crippen LogP contribution in [0.4, 0.5) is 0 Å². The summed E-state index contributed by atoms with van der Waals surface area (Å²) in [5.41, 5.74) is 5.00. The van der Waals surface area contributed by atoms with Gasteiger partial charge in [0.2, 0.25) is 0 Å². The van der Waals surface area contributed by atoms with Crippen molar-refractivity contribution in [3.63, 3.8) is 0 Å². The van der Waals surface area contributed by atoms with Crippen LogP contribution in [-0.2, 0) is 10.3 Å². The summed E-state index contributed by atoms with van der Waals surface area (Å²) in [4.78, 5) is 0. The molecular weight excluding hydrogens is 180 g/mol. The number of amidine groups is 1. The van der Waals surface area contributed by atoms with Crippen molar-refractivity contribution in [2.24, 2.45) is 10.1 Å². The molecule has 0 spiro atoms. The predicted molar refractivity (Wildman–Crippen MR) is 38.5 cm³/mol. The van der Waals surface area contributed by atoms with Gasteiger partial charge in [0.1, 0.15) is 5.84 Å². The quantitative estimate of drug-likeness (QED) is 0.276. The number of halogens is 1. The molecule has 0 rings (SSSR count). The zero-order valence-electron chi connectivity index (χ0n) is 4.99. The van der Waals surface area contributed by atoms with Crippen molar-refractivity contribution in [1.29, 1.82) is 0 Å². The molecule has 0 aromatic heterocycles. The van der Waals surface area contributed by atoms with Crippen LogP contribution in [0.15, 0.2) is 4.40 Å². The fourth-order valence-electron chi connectivity index (χ4n) is 0.291. The van der Waals surface area contributed by atoms with Crippen LogP contribution in [0.1, 0.15) is 6.42 Å². The van der Waals surface area contributed by atoms with Crippen molar-refractivity contribution in [1.82, 2.24) is 0 Å². The lowest BCUT2D eigenvalue weighted by molar-refractivity contribution is 0.485. The molecule has 0 aliphatic rings. The maximum atomic E-state index is 9.96. The highest BCUT2D eigenvalue weighted by Gasteiger charge is 2.00. The van der Waals surface area contributed by atoms with Crippen molar-refractivity contribution >= 4 is 27.7 Å². The van der Waals surface area contributed by atoms with E-state index in [1.807, 2.05) is 0 Å². The van der Waals surface area contributed by atoms with Crippen LogP contribution in [0.25, 0.3) is 0 Å². The molecule has 0 heterocycles. The number of nitrogens with two attached hydrogens (primary N) is 1. The second kappa shape index (κ2) is 3.75. The van der Waals surface area contributed by atoms with E-state index in [2.05, 4.69) is 4.40 Å². The van der Waals surface area contributed by atoms with Crippen molar-refractivity contribution in [2.45, 2.75) is 6.42 Å². The third-order valence-electron chi connectivity index (χ3n) is 0.583. The average Bonchev–Trinajstić information content (AvgIpc) is 1.59. The van der Waals surface area contributed by atoms with Gasteiger partial charge in [0.25, 0.3) is 0 Å². The molecule has 0 bridgehead atoms.